The Hall–Kier alpha value is -2.72. The average molecular weight is 285 g/mol. The molecule has 0 aromatic carbocycles. The second kappa shape index (κ2) is 7.17. The number of pyridine rings is 1. The number of anilines is 1. The SMILES string of the molecule is CC(C(=O)Nc1cccc(C#CCCO)n1)n1cncn1. The Morgan fingerprint density at radius 1 is 1.52 bits per heavy atom. The van der Waals surface area contributed by atoms with Crippen molar-refractivity contribution >= 4 is 11.7 Å². The van der Waals surface area contributed by atoms with E-state index < -0.39 is 6.04 Å². The molecule has 7 nitrogen and oxygen atoms in total. The van der Waals surface area contributed by atoms with Gasteiger partial charge in [0.15, 0.2) is 0 Å². The number of aliphatic hydroxyl groups is 1. The van der Waals surface area contributed by atoms with Crippen LogP contribution in [0.25, 0.3) is 0 Å². The smallest absolute Gasteiger partial charge is 0.250 e. The second-order valence-electron chi connectivity index (χ2n) is 4.22. The predicted octanol–water partition coefficient (Wildman–Crippen LogP) is 0.607. The number of aliphatic hydroxyl groups excluding tert-OH is 1. The van der Waals surface area contributed by atoms with Crippen molar-refractivity contribution in [3.63, 3.8) is 0 Å². The number of carbonyl (C=O) groups excluding carboxylic acids is 1. The zero-order valence-electron chi connectivity index (χ0n) is 11.5. The molecule has 0 fully saturated rings. The van der Waals surface area contributed by atoms with E-state index in [4.69, 9.17) is 5.11 Å². The molecule has 0 aliphatic heterocycles. The molecular formula is C14H15N5O2. The number of hydrogen-bond acceptors (Lipinski definition) is 5. The van der Waals surface area contributed by atoms with Crippen LogP contribution < -0.4 is 5.32 Å². The molecule has 0 aliphatic rings. The number of nitrogens with zero attached hydrogens (tertiary/aromatic N) is 4. The van der Waals surface area contributed by atoms with Crippen LogP contribution in [0.1, 0.15) is 25.1 Å². The number of hydrogen-bond donors (Lipinski definition) is 2. The van der Waals surface area contributed by atoms with Gasteiger partial charge in [0.25, 0.3) is 0 Å². The van der Waals surface area contributed by atoms with E-state index in [1.165, 1.54) is 17.3 Å². The highest BCUT2D eigenvalue weighted by atomic mass is 16.2. The van der Waals surface area contributed by atoms with Crippen LogP contribution >= 0.6 is 0 Å². The van der Waals surface area contributed by atoms with Crippen molar-refractivity contribution in [3.8, 4) is 11.8 Å². The molecule has 2 aromatic heterocycles. The average Bonchev–Trinajstić information content (AvgIpc) is 3.01. The Kier molecular flexibility index (Phi) is 5.01. The summed E-state index contributed by atoms with van der Waals surface area (Å²) in [6.45, 7) is 1.73. The van der Waals surface area contributed by atoms with Crippen LogP contribution in [0.2, 0.25) is 0 Å². The highest BCUT2D eigenvalue weighted by Crippen LogP contribution is 2.09. The van der Waals surface area contributed by atoms with Crippen molar-refractivity contribution in [2.75, 3.05) is 11.9 Å². The molecule has 0 saturated heterocycles. The molecule has 0 aliphatic carbocycles. The molecule has 1 atom stereocenters. The van der Waals surface area contributed by atoms with Crippen molar-refractivity contribution in [2.45, 2.75) is 19.4 Å². The summed E-state index contributed by atoms with van der Waals surface area (Å²) in [5.41, 5.74) is 0.537. The lowest BCUT2D eigenvalue weighted by atomic mass is 10.3. The van der Waals surface area contributed by atoms with E-state index in [9.17, 15) is 4.79 Å². The first-order valence-corrected chi connectivity index (χ1v) is 6.42. The van der Waals surface area contributed by atoms with Gasteiger partial charge in [-0.15, -0.1) is 0 Å². The van der Waals surface area contributed by atoms with Crippen LogP contribution in [0.4, 0.5) is 5.82 Å². The van der Waals surface area contributed by atoms with Gasteiger partial charge in [0.2, 0.25) is 5.91 Å². The monoisotopic (exact) mass is 285 g/mol. The summed E-state index contributed by atoms with van der Waals surface area (Å²) in [7, 11) is 0. The van der Waals surface area contributed by atoms with Crippen molar-refractivity contribution in [1.82, 2.24) is 19.7 Å². The van der Waals surface area contributed by atoms with Gasteiger partial charge in [-0.3, -0.25) is 4.79 Å². The molecular weight excluding hydrogens is 270 g/mol. The van der Waals surface area contributed by atoms with Gasteiger partial charge in [-0.1, -0.05) is 12.0 Å². The van der Waals surface area contributed by atoms with Gasteiger partial charge in [0, 0.05) is 6.42 Å². The highest BCUT2D eigenvalue weighted by molar-refractivity contribution is 5.92. The van der Waals surface area contributed by atoms with Crippen LogP contribution in [0.5, 0.6) is 0 Å². The summed E-state index contributed by atoms with van der Waals surface area (Å²) < 4.78 is 1.46. The van der Waals surface area contributed by atoms with Crippen LogP contribution in [-0.2, 0) is 4.79 Å². The van der Waals surface area contributed by atoms with E-state index in [2.05, 4.69) is 32.2 Å². The number of aromatic nitrogens is 4. The molecule has 108 valence electrons. The minimum absolute atomic E-state index is 0.0127. The molecule has 1 unspecified atom stereocenters. The zero-order valence-corrected chi connectivity index (χ0v) is 11.5. The van der Waals surface area contributed by atoms with Crippen molar-refractivity contribution < 1.29 is 9.90 Å². The molecule has 1 amide bonds. The van der Waals surface area contributed by atoms with Gasteiger partial charge in [0.05, 0.1) is 6.61 Å². The Morgan fingerprint density at radius 2 is 2.38 bits per heavy atom. The van der Waals surface area contributed by atoms with Gasteiger partial charge < -0.3 is 10.4 Å². The minimum Gasteiger partial charge on any atom is -0.395 e. The summed E-state index contributed by atoms with van der Waals surface area (Å²) in [6, 6.07) is 4.69. The van der Waals surface area contributed by atoms with Gasteiger partial charge in [0.1, 0.15) is 30.2 Å². The largest absolute Gasteiger partial charge is 0.395 e. The molecule has 0 saturated carbocycles. The lowest BCUT2D eigenvalue weighted by Crippen LogP contribution is -2.24. The number of rotatable bonds is 4. The number of carbonyl (C=O) groups is 1. The first kappa shape index (κ1) is 14.7. The van der Waals surface area contributed by atoms with E-state index in [0.29, 0.717) is 17.9 Å². The highest BCUT2D eigenvalue weighted by Gasteiger charge is 2.15. The van der Waals surface area contributed by atoms with Crippen molar-refractivity contribution in [2.24, 2.45) is 0 Å². The first-order chi connectivity index (χ1) is 10.2. The summed E-state index contributed by atoms with van der Waals surface area (Å²) in [4.78, 5) is 20.1. The molecule has 0 bridgehead atoms. The molecule has 2 aromatic rings. The normalized spacial score (nSPS) is 11.3. The lowest BCUT2D eigenvalue weighted by Gasteiger charge is -2.11. The molecule has 21 heavy (non-hydrogen) atoms. The Labute approximate surface area is 122 Å². The van der Waals surface area contributed by atoms with E-state index in [1.54, 1.807) is 25.1 Å². The summed E-state index contributed by atoms with van der Waals surface area (Å²) in [5, 5.41) is 15.3. The predicted molar refractivity (Wildman–Crippen MR) is 76.2 cm³/mol. The maximum absolute atomic E-state index is 12.1. The van der Waals surface area contributed by atoms with Crippen molar-refractivity contribution in [1.29, 1.82) is 0 Å². The topological polar surface area (TPSA) is 92.9 Å². The Bertz CT molecular complexity index is 657. The third kappa shape index (κ3) is 4.12. The van der Waals surface area contributed by atoms with Gasteiger partial charge in [-0.05, 0) is 25.0 Å². The van der Waals surface area contributed by atoms with E-state index in [1.807, 2.05) is 0 Å². The van der Waals surface area contributed by atoms with E-state index >= 15 is 0 Å². The summed E-state index contributed by atoms with van der Waals surface area (Å²) >= 11 is 0. The van der Waals surface area contributed by atoms with Crippen molar-refractivity contribution in [3.05, 3.63) is 36.5 Å². The Balaban J connectivity index is 2.04. The second-order valence-corrected chi connectivity index (χ2v) is 4.22. The minimum atomic E-state index is -0.488. The molecule has 2 rings (SSSR count). The van der Waals surface area contributed by atoms with Gasteiger partial charge in [-0.2, -0.15) is 5.10 Å². The molecule has 0 radical (unpaired) electrons. The van der Waals surface area contributed by atoms with Gasteiger partial charge in [-0.25, -0.2) is 14.6 Å². The summed E-state index contributed by atoms with van der Waals surface area (Å²) in [6.07, 6.45) is 3.25. The van der Waals surface area contributed by atoms with Gasteiger partial charge >= 0.3 is 0 Å². The third-order valence-corrected chi connectivity index (χ3v) is 2.67. The molecule has 7 heteroatoms. The van der Waals surface area contributed by atoms with E-state index in [-0.39, 0.29) is 12.5 Å². The Morgan fingerprint density at radius 3 is 3.10 bits per heavy atom. The molecule has 0 spiro atoms. The fourth-order valence-corrected chi connectivity index (χ4v) is 1.55. The van der Waals surface area contributed by atoms with E-state index in [0.717, 1.165) is 0 Å². The fourth-order valence-electron chi connectivity index (χ4n) is 1.55. The van der Waals surface area contributed by atoms with Crippen LogP contribution in [0.3, 0.4) is 0 Å². The lowest BCUT2D eigenvalue weighted by molar-refractivity contribution is -0.119. The van der Waals surface area contributed by atoms with Crippen LogP contribution in [-0.4, -0.2) is 37.4 Å². The third-order valence-electron chi connectivity index (χ3n) is 2.67. The fraction of sp³-hybridized carbons (Fsp3) is 0.286. The maximum Gasteiger partial charge on any atom is 0.250 e. The number of nitrogens with one attached hydrogen (secondary N) is 1. The summed E-state index contributed by atoms with van der Waals surface area (Å²) in [5.74, 6) is 5.77. The van der Waals surface area contributed by atoms with Crippen LogP contribution in [0, 0.1) is 11.8 Å². The zero-order chi connectivity index (χ0) is 15.1. The maximum atomic E-state index is 12.1. The molecule has 2 heterocycles. The number of amides is 1. The quantitative estimate of drug-likeness (QED) is 0.803. The first-order valence-electron chi connectivity index (χ1n) is 6.42. The standard InChI is InChI=1S/C14H15N5O2/c1-11(19-10-15-9-16-19)14(21)18-13-7-4-6-12(17-13)5-2-3-8-20/h4,6-7,9-11,20H,3,8H2,1H3,(H,17,18,21). The molecule has 2 N–H and O–H groups in total. The van der Waals surface area contributed by atoms with Crippen LogP contribution in [0.15, 0.2) is 30.9 Å².